The van der Waals surface area contributed by atoms with Crippen molar-refractivity contribution in [3.63, 3.8) is 0 Å². The van der Waals surface area contributed by atoms with Crippen molar-refractivity contribution in [3.05, 3.63) is 66.2 Å². The summed E-state index contributed by atoms with van der Waals surface area (Å²) in [5.74, 6) is 0. The van der Waals surface area contributed by atoms with Gasteiger partial charge in [-0.05, 0) is 22.7 Å². The Bertz CT molecular complexity index is 766. The molecule has 3 nitrogen and oxygen atoms in total. The molecule has 0 fully saturated rings. The number of nitrogens with one attached hydrogen (secondary N) is 1. The molecule has 0 saturated carbocycles. The van der Waals surface area contributed by atoms with Crippen LogP contribution in [0.2, 0.25) is 18.1 Å². The first-order valence-electron chi connectivity index (χ1n) is 8.18. The minimum atomic E-state index is -3.57. The summed E-state index contributed by atoms with van der Waals surface area (Å²) in [7, 11) is -5.57. The van der Waals surface area contributed by atoms with Crippen molar-refractivity contribution in [2.24, 2.45) is 0 Å². The lowest BCUT2D eigenvalue weighted by Crippen LogP contribution is -2.51. The Balaban J connectivity index is 2.49. The Morgan fingerprint density at radius 3 is 1.79 bits per heavy atom. The molecule has 0 radical (unpaired) electrons. The normalized spacial score (nSPS) is 14.4. The number of hydrogen-bond donors (Lipinski definition) is 1. The van der Waals surface area contributed by atoms with E-state index in [0.29, 0.717) is 4.90 Å². The van der Waals surface area contributed by atoms with E-state index in [0.717, 1.165) is 5.56 Å². The van der Waals surface area contributed by atoms with Gasteiger partial charge in [-0.3, -0.25) is 0 Å². The number of benzene rings is 2. The van der Waals surface area contributed by atoms with Gasteiger partial charge in [-0.1, -0.05) is 82.4 Å². The van der Waals surface area contributed by atoms with E-state index in [1.54, 1.807) is 24.3 Å². The van der Waals surface area contributed by atoms with E-state index >= 15 is 0 Å². The van der Waals surface area contributed by atoms with Gasteiger partial charge in [0.1, 0.15) is 0 Å². The molecule has 0 bridgehead atoms. The molecule has 24 heavy (non-hydrogen) atoms. The van der Waals surface area contributed by atoms with Crippen LogP contribution in [0.4, 0.5) is 0 Å². The Kier molecular flexibility index (Phi) is 5.37. The van der Waals surface area contributed by atoms with Crippen LogP contribution in [0.15, 0.2) is 65.6 Å². The molecule has 0 heterocycles. The van der Waals surface area contributed by atoms with Crippen LogP contribution in [0.1, 0.15) is 32.0 Å². The summed E-state index contributed by atoms with van der Waals surface area (Å²) < 4.78 is 28.8. The third-order valence-electron chi connectivity index (χ3n) is 5.11. The summed E-state index contributed by atoms with van der Waals surface area (Å²) >= 11 is 0. The lowest BCUT2D eigenvalue weighted by Gasteiger charge is -2.43. The largest absolute Gasteiger partial charge is 0.240 e. The molecule has 0 unspecified atom stereocenters. The van der Waals surface area contributed by atoms with Gasteiger partial charge in [0.25, 0.3) is 0 Å². The first-order valence-corrected chi connectivity index (χ1v) is 12.7. The van der Waals surface area contributed by atoms with Crippen LogP contribution in [0, 0.1) is 0 Å². The molecule has 2 aromatic carbocycles. The fraction of sp³-hybridized carbons (Fsp3) is 0.368. The average molecular weight is 362 g/mol. The van der Waals surface area contributed by atoms with Gasteiger partial charge in [-0.2, -0.15) is 0 Å². The summed E-state index contributed by atoms with van der Waals surface area (Å²) in [5, 5.41) is 0.0483. The monoisotopic (exact) mass is 361 g/mol. The van der Waals surface area contributed by atoms with Gasteiger partial charge in [0.05, 0.1) is 13.0 Å². The van der Waals surface area contributed by atoms with Crippen LogP contribution in [-0.2, 0) is 10.0 Å². The molecule has 0 aliphatic carbocycles. The Morgan fingerprint density at radius 1 is 0.875 bits per heavy atom. The molecule has 0 spiro atoms. The summed E-state index contributed by atoms with van der Waals surface area (Å²) in [6.07, 6.45) is 0. The topological polar surface area (TPSA) is 46.2 Å². The minimum Gasteiger partial charge on any atom is -0.207 e. The maximum Gasteiger partial charge on any atom is 0.240 e. The fourth-order valence-corrected chi connectivity index (χ4v) is 7.17. The molecule has 0 aliphatic rings. The van der Waals surface area contributed by atoms with E-state index in [-0.39, 0.29) is 10.7 Å². The van der Waals surface area contributed by atoms with Crippen molar-refractivity contribution in [2.45, 2.75) is 49.5 Å². The van der Waals surface area contributed by atoms with Gasteiger partial charge in [-0.25, -0.2) is 13.1 Å². The van der Waals surface area contributed by atoms with E-state index in [1.807, 2.05) is 36.4 Å². The molecule has 0 saturated heterocycles. The Hall–Kier alpha value is -1.43. The summed E-state index contributed by atoms with van der Waals surface area (Å²) in [5.41, 5.74) is 0.840. The SMILES string of the molecule is CC(C)(C)[Si](C)(C)[C@H](NS(=O)(=O)c1ccccc1)c1ccccc1. The molecular weight excluding hydrogens is 334 g/mol. The number of sulfonamides is 1. The molecule has 0 aromatic heterocycles. The zero-order valence-corrected chi connectivity index (χ0v) is 16.9. The van der Waals surface area contributed by atoms with E-state index in [4.69, 9.17) is 0 Å². The van der Waals surface area contributed by atoms with E-state index in [1.165, 1.54) is 0 Å². The van der Waals surface area contributed by atoms with Gasteiger partial charge in [0.15, 0.2) is 0 Å². The smallest absolute Gasteiger partial charge is 0.207 e. The molecule has 0 aliphatic heterocycles. The number of hydrogen-bond acceptors (Lipinski definition) is 2. The molecular formula is C19H27NO2SSi. The molecule has 1 N–H and O–H groups in total. The van der Waals surface area contributed by atoms with Crippen molar-refractivity contribution in [3.8, 4) is 0 Å². The van der Waals surface area contributed by atoms with E-state index in [9.17, 15) is 8.42 Å². The molecule has 1 atom stereocenters. The Labute approximate surface area is 147 Å². The summed E-state index contributed by atoms with van der Waals surface area (Å²) in [6.45, 7) is 11.1. The van der Waals surface area contributed by atoms with Gasteiger partial charge >= 0.3 is 0 Å². The van der Waals surface area contributed by atoms with Crippen LogP contribution in [0.5, 0.6) is 0 Å². The third kappa shape index (κ3) is 3.96. The van der Waals surface area contributed by atoms with Gasteiger partial charge in [-0.15, -0.1) is 0 Å². The second-order valence-corrected chi connectivity index (χ2v) is 15.0. The van der Waals surface area contributed by atoms with Crippen molar-refractivity contribution in [1.29, 1.82) is 0 Å². The molecule has 2 rings (SSSR count). The van der Waals surface area contributed by atoms with Crippen LogP contribution < -0.4 is 4.72 Å². The van der Waals surface area contributed by atoms with Crippen LogP contribution in [-0.4, -0.2) is 16.5 Å². The molecule has 5 heteroatoms. The lowest BCUT2D eigenvalue weighted by atomic mass is 10.2. The minimum absolute atomic E-state index is 0.0483. The highest BCUT2D eigenvalue weighted by Gasteiger charge is 2.44. The fourth-order valence-electron chi connectivity index (χ4n) is 2.53. The van der Waals surface area contributed by atoms with Gasteiger partial charge in [0, 0.05) is 5.67 Å². The molecule has 0 amide bonds. The summed E-state index contributed by atoms with van der Waals surface area (Å²) in [6, 6.07) is 18.5. The summed E-state index contributed by atoms with van der Waals surface area (Å²) in [4.78, 5) is 0.310. The van der Waals surface area contributed by atoms with E-state index in [2.05, 4.69) is 38.6 Å². The van der Waals surface area contributed by atoms with Crippen LogP contribution in [0.3, 0.4) is 0 Å². The van der Waals surface area contributed by atoms with Crippen molar-refractivity contribution in [2.75, 3.05) is 0 Å². The highest BCUT2D eigenvalue weighted by molar-refractivity contribution is 7.89. The Morgan fingerprint density at radius 2 is 1.33 bits per heavy atom. The van der Waals surface area contributed by atoms with Crippen LogP contribution >= 0.6 is 0 Å². The van der Waals surface area contributed by atoms with Gasteiger partial charge < -0.3 is 0 Å². The highest BCUT2D eigenvalue weighted by Crippen LogP contribution is 2.44. The van der Waals surface area contributed by atoms with Crippen LogP contribution in [0.25, 0.3) is 0 Å². The van der Waals surface area contributed by atoms with Crippen molar-refractivity contribution in [1.82, 2.24) is 4.72 Å². The quantitative estimate of drug-likeness (QED) is 0.781. The third-order valence-corrected chi connectivity index (χ3v) is 12.5. The highest BCUT2D eigenvalue weighted by atomic mass is 32.2. The number of rotatable bonds is 5. The first kappa shape index (κ1) is 18.9. The zero-order valence-electron chi connectivity index (χ0n) is 15.1. The first-order chi connectivity index (χ1) is 11.1. The average Bonchev–Trinajstić information content (AvgIpc) is 2.53. The zero-order chi connectivity index (χ0) is 18.0. The predicted molar refractivity (Wildman–Crippen MR) is 103 cm³/mol. The maximum atomic E-state index is 12.9. The molecule has 2 aromatic rings. The second kappa shape index (κ2) is 6.82. The molecule has 130 valence electrons. The predicted octanol–water partition coefficient (Wildman–Crippen LogP) is 4.75. The standard InChI is InChI=1S/C19H27NO2SSi/c1-19(2,3)24(4,5)18(16-12-8-6-9-13-16)20-23(21,22)17-14-10-7-11-15-17/h6-15,18,20H,1-5H3/t18-/m0/s1. The van der Waals surface area contributed by atoms with E-state index < -0.39 is 18.1 Å². The lowest BCUT2D eigenvalue weighted by molar-refractivity contribution is 0.573. The van der Waals surface area contributed by atoms with Crippen molar-refractivity contribution < 1.29 is 8.42 Å². The van der Waals surface area contributed by atoms with Crippen molar-refractivity contribution >= 4 is 18.1 Å². The van der Waals surface area contributed by atoms with Gasteiger partial charge in [0.2, 0.25) is 10.0 Å². The maximum absolute atomic E-state index is 12.9. The second-order valence-electron chi connectivity index (χ2n) is 7.75.